The number of likely N-dealkylation sites (tertiary alicyclic amines) is 1. The van der Waals surface area contributed by atoms with Crippen molar-refractivity contribution in [2.45, 2.75) is 32.0 Å². The van der Waals surface area contributed by atoms with Crippen LogP contribution in [0.1, 0.15) is 17.7 Å². The Morgan fingerprint density at radius 2 is 2.08 bits per heavy atom. The predicted octanol–water partition coefficient (Wildman–Crippen LogP) is 2.40. The number of halogens is 1. The van der Waals surface area contributed by atoms with Gasteiger partial charge < -0.3 is 14.8 Å². The number of fused-ring (bicyclic) bond motifs is 1. The highest BCUT2D eigenvalue weighted by Gasteiger charge is 2.33. The second-order valence-electron chi connectivity index (χ2n) is 7.20. The Morgan fingerprint density at radius 3 is 2.80 bits per heavy atom. The van der Waals surface area contributed by atoms with Crippen LogP contribution in [0.25, 0.3) is 10.9 Å². The Kier molecular flexibility index (Phi) is 5.02. The number of β-amino-alcohol motifs (C(OH)–C–C–N with tert-alkyl or cyclic N) is 1. The largest absolute Gasteiger partial charge is 0.390 e. The molecule has 0 spiro atoms. The molecule has 5 nitrogen and oxygen atoms in total. The average molecular weight is 364 g/mol. The number of nitrogens with one attached hydrogen (secondary N) is 1. The average Bonchev–Trinajstić information content (AvgIpc) is 2.94. The Balaban J connectivity index is 1.44. The molecule has 1 aromatic heterocycles. The van der Waals surface area contributed by atoms with Crippen LogP contribution < -0.4 is 0 Å². The van der Waals surface area contributed by atoms with Gasteiger partial charge in [0.05, 0.1) is 29.9 Å². The number of aliphatic hydroxyl groups is 1. The molecule has 2 atom stereocenters. The highest BCUT2D eigenvalue weighted by atomic mass is 35.5. The Labute approximate surface area is 153 Å². The number of morpholine rings is 1. The number of nitrogens with zero attached hydrogens (tertiary/aromatic N) is 2. The monoisotopic (exact) mass is 363 g/mol. The van der Waals surface area contributed by atoms with Crippen LogP contribution in [0.15, 0.2) is 18.2 Å². The van der Waals surface area contributed by atoms with Gasteiger partial charge in [0.15, 0.2) is 0 Å². The summed E-state index contributed by atoms with van der Waals surface area (Å²) >= 11 is 6.31. The van der Waals surface area contributed by atoms with Crippen molar-refractivity contribution in [2.24, 2.45) is 0 Å². The van der Waals surface area contributed by atoms with Crippen LogP contribution in [0, 0.1) is 6.92 Å². The summed E-state index contributed by atoms with van der Waals surface area (Å²) < 4.78 is 5.43. The van der Waals surface area contributed by atoms with Crippen molar-refractivity contribution in [3.05, 3.63) is 34.5 Å². The molecule has 0 bridgehead atoms. The maximum atomic E-state index is 10.7. The highest BCUT2D eigenvalue weighted by molar-refractivity contribution is 6.35. The standard InChI is InChI=1S/C19H26ClN3O2/c1-13-14-3-2-4-15(20)19(14)21-16(13)11-22-6-5-17(18(24)12-22)23-7-9-25-10-8-23/h2-4,17-18,21,24H,5-12H2,1H3/t17-,18-/m1/s1. The fourth-order valence-electron chi connectivity index (χ4n) is 4.22. The van der Waals surface area contributed by atoms with Crippen LogP contribution in [0.3, 0.4) is 0 Å². The molecule has 4 rings (SSSR count). The molecule has 2 saturated heterocycles. The van der Waals surface area contributed by atoms with E-state index in [-0.39, 0.29) is 12.1 Å². The number of ether oxygens (including phenoxy) is 1. The molecule has 0 saturated carbocycles. The van der Waals surface area contributed by atoms with E-state index in [2.05, 4.69) is 27.8 Å². The lowest BCUT2D eigenvalue weighted by Gasteiger charge is -2.43. The number of aromatic amines is 1. The van der Waals surface area contributed by atoms with Crippen molar-refractivity contribution >= 4 is 22.5 Å². The molecule has 25 heavy (non-hydrogen) atoms. The number of para-hydroxylation sites is 1. The normalized spacial score (nSPS) is 26.4. The van der Waals surface area contributed by atoms with E-state index < -0.39 is 0 Å². The second kappa shape index (κ2) is 7.25. The summed E-state index contributed by atoms with van der Waals surface area (Å²) in [7, 11) is 0. The van der Waals surface area contributed by atoms with Crippen LogP contribution in [0.4, 0.5) is 0 Å². The molecule has 1 aromatic carbocycles. The number of hydrogen-bond donors (Lipinski definition) is 2. The lowest BCUT2D eigenvalue weighted by Crippen LogP contribution is -2.56. The minimum atomic E-state index is -0.305. The third-order valence-electron chi connectivity index (χ3n) is 5.67. The summed E-state index contributed by atoms with van der Waals surface area (Å²) in [5, 5.41) is 12.6. The summed E-state index contributed by atoms with van der Waals surface area (Å²) in [5.74, 6) is 0. The highest BCUT2D eigenvalue weighted by Crippen LogP contribution is 2.29. The molecule has 2 aliphatic rings. The van der Waals surface area contributed by atoms with Gasteiger partial charge in [-0.1, -0.05) is 23.7 Å². The van der Waals surface area contributed by atoms with Crippen LogP contribution in [-0.4, -0.2) is 71.4 Å². The van der Waals surface area contributed by atoms with Gasteiger partial charge in [0.2, 0.25) is 0 Å². The molecule has 0 aliphatic carbocycles. The summed E-state index contributed by atoms with van der Waals surface area (Å²) in [4.78, 5) is 8.22. The molecule has 136 valence electrons. The van der Waals surface area contributed by atoms with E-state index in [0.29, 0.717) is 6.54 Å². The number of aliphatic hydroxyl groups excluding tert-OH is 1. The van der Waals surface area contributed by atoms with E-state index >= 15 is 0 Å². The van der Waals surface area contributed by atoms with E-state index in [1.807, 2.05) is 12.1 Å². The first-order valence-corrected chi connectivity index (χ1v) is 9.49. The van der Waals surface area contributed by atoms with Crippen LogP contribution >= 0.6 is 11.6 Å². The lowest BCUT2D eigenvalue weighted by molar-refractivity contribution is -0.0535. The number of rotatable bonds is 3. The van der Waals surface area contributed by atoms with Crippen molar-refractivity contribution < 1.29 is 9.84 Å². The van der Waals surface area contributed by atoms with Gasteiger partial charge in [-0.05, 0) is 25.0 Å². The van der Waals surface area contributed by atoms with Gasteiger partial charge in [-0.2, -0.15) is 0 Å². The van der Waals surface area contributed by atoms with Crippen molar-refractivity contribution in [1.82, 2.24) is 14.8 Å². The Bertz CT molecular complexity index is 742. The quantitative estimate of drug-likeness (QED) is 0.879. The number of aromatic nitrogens is 1. The Hall–Kier alpha value is -1.11. The first-order valence-electron chi connectivity index (χ1n) is 9.11. The number of aryl methyl sites for hydroxylation is 1. The summed E-state index contributed by atoms with van der Waals surface area (Å²) in [5.41, 5.74) is 3.46. The number of H-pyrrole nitrogens is 1. The van der Waals surface area contributed by atoms with Crippen LogP contribution in [-0.2, 0) is 11.3 Å². The first kappa shape index (κ1) is 17.3. The fourth-order valence-corrected chi connectivity index (χ4v) is 4.44. The molecule has 6 heteroatoms. The van der Waals surface area contributed by atoms with Crippen LogP contribution in [0.5, 0.6) is 0 Å². The lowest BCUT2D eigenvalue weighted by atomic mass is 9.99. The van der Waals surface area contributed by atoms with Crippen molar-refractivity contribution in [2.75, 3.05) is 39.4 Å². The van der Waals surface area contributed by atoms with Gasteiger partial charge in [-0.25, -0.2) is 0 Å². The molecule has 2 N–H and O–H groups in total. The molecule has 2 fully saturated rings. The molecule has 2 aromatic rings. The van der Waals surface area contributed by atoms with Gasteiger partial charge in [-0.3, -0.25) is 9.80 Å². The van der Waals surface area contributed by atoms with E-state index in [9.17, 15) is 5.11 Å². The van der Waals surface area contributed by atoms with E-state index in [1.54, 1.807) is 0 Å². The maximum absolute atomic E-state index is 10.7. The zero-order chi connectivity index (χ0) is 17.4. The summed E-state index contributed by atoms with van der Waals surface area (Å²) in [6.45, 7) is 8.10. The van der Waals surface area contributed by atoms with E-state index in [0.717, 1.165) is 56.4 Å². The zero-order valence-electron chi connectivity index (χ0n) is 14.7. The molecular weight excluding hydrogens is 338 g/mol. The second-order valence-corrected chi connectivity index (χ2v) is 7.60. The van der Waals surface area contributed by atoms with Crippen molar-refractivity contribution in [1.29, 1.82) is 0 Å². The summed E-state index contributed by atoms with van der Waals surface area (Å²) in [6, 6.07) is 6.28. The van der Waals surface area contributed by atoms with E-state index in [1.165, 1.54) is 16.6 Å². The summed E-state index contributed by atoms with van der Waals surface area (Å²) in [6.07, 6.45) is 0.696. The van der Waals surface area contributed by atoms with Gasteiger partial charge in [0.25, 0.3) is 0 Å². The number of piperidine rings is 1. The predicted molar refractivity (Wildman–Crippen MR) is 100 cm³/mol. The van der Waals surface area contributed by atoms with Crippen molar-refractivity contribution in [3.63, 3.8) is 0 Å². The third-order valence-corrected chi connectivity index (χ3v) is 5.99. The SMILES string of the molecule is Cc1c(CN2CC[C@@H](N3CCOCC3)[C@H](O)C2)[nH]c2c(Cl)cccc12. The minimum Gasteiger partial charge on any atom is -0.390 e. The van der Waals surface area contributed by atoms with Gasteiger partial charge in [-0.15, -0.1) is 0 Å². The third kappa shape index (κ3) is 3.44. The number of benzene rings is 1. The maximum Gasteiger partial charge on any atom is 0.0822 e. The Morgan fingerprint density at radius 1 is 1.28 bits per heavy atom. The van der Waals surface area contributed by atoms with E-state index in [4.69, 9.17) is 16.3 Å². The van der Waals surface area contributed by atoms with Crippen molar-refractivity contribution in [3.8, 4) is 0 Å². The van der Waals surface area contributed by atoms with Gasteiger partial charge in [0, 0.05) is 49.8 Å². The fraction of sp³-hybridized carbons (Fsp3) is 0.579. The smallest absolute Gasteiger partial charge is 0.0822 e. The molecule has 0 amide bonds. The molecule has 2 aliphatic heterocycles. The van der Waals surface area contributed by atoms with Gasteiger partial charge >= 0.3 is 0 Å². The van der Waals surface area contributed by atoms with Crippen LogP contribution in [0.2, 0.25) is 5.02 Å². The minimum absolute atomic E-state index is 0.262. The molecule has 3 heterocycles. The number of hydrogen-bond acceptors (Lipinski definition) is 4. The topological polar surface area (TPSA) is 51.7 Å². The molecular formula is C19H26ClN3O2. The molecule has 0 radical (unpaired) electrons. The zero-order valence-corrected chi connectivity index (χ0v) is 15.4. The first-order chi connectivity index (χ1) is 12.1. The van der Waals surface area contributed by atoms with Gasteiger partial charge in [0.1, 0.15) is 0 Å². The molecule has 0 unspecified atom stereocenters.